The molecule has 7 nitrogen and oxygen atoms in total. The van der Waals surface area contributed by atoms with Crippen molar-refractivity contribution in [2.45, 2.75) is 27.2 Å². The van der Waals surface area contributed by atoms with E-state index in [1.807, 2.05) is 39.0 Å². The molecule has 158 valence electrons. The summed E-state index contributed by atoms with van der Waals surface area (Å²) in [5.41, 5.74) is 3.57. The lowest BCUT2D eigenvalue weighted by molar-refractivity contribution is -0.151. The summed E-state index contributed by atoms with van der Waals surface area (Å²) in [5, 5.41) is 2.66. The highest BCUT2D eigenvalue weighted by molar-refractivity contribution is 6.00. The Hall–Kier alpha value is -3.35. The quantitative estimate of drug-likeness (QED) is 0.709. The van der Waals surface area contributed by atoms with Gasteiger partial charge in [-0.05, 0) is 68.3 Å². The molecular weight excluding hydrogens is 384 g/mol. The summed E-state index contributed by atoms with van der Waals surface area (Å²) in [7, 11) is 0. The number of ether oxygens (including phenoxy) is 2. The standard InChI is InChI=1S/C23H26N2O5/c1-4-29-20-9-6-18(7-10-20)24-21(26)14-30-23(28)17-12-22(27)25(13-17)19-8-5-15(2)16(3)11-19/h5-11,17H,4,12-14H2,1-3H3,(H,24,26)/t17-/m0/s1. The molecule has 1 aliphatic rings. The van der Waals surface area contributed by atoms with E-state index in [4.69, 9.17) is 9.47 Å². The van der Waals surface area contributed by atoms with Crippen LogP contribution in [0.5, 0.6) is 5.75 Å². The Bertz CT molecular complexity index is 939. The third-order valence-electron chi connectivity index (χ3n) is 5.06. The Morgan fingerprint density at radius 2 is 1.83 bits per heavy atom. The molecule has 1 saturated heterocycles. The van der Waals surface area contributed by atoms with Crippen molar-refractivity contribution in [1.82, 2.24) is 0 Å². The van der Waals surface area contributed by atoms with Gasteiger partial charge in [-0.3, -0.25) is 14.4 Å². The molecule has 0 unspecified atom stereocenters. The second kappa shape index (κ2) is 9.43. The summed E-state index contributed by atoms with van der Waals surface area (Å²) in [6.45, 7) is 6.29. The molecule has 1 N–H and O–H groups in total. The van der Waals surface area contributed by atoms with Crippen molar-refractivity contribution in [3.8, 4) is 5.75 Å². The highest BCUT2D eigenvalue weighted by Crippen LogP contribution is 2.27. The van der Waals surface area contributed by atoms with Gasteiger partial charge in [-0.15, -0.1) is 0 Å². The minimum Gasteiger partial charge on any atom is -0.494 e. The number of amides is 2. The number of anilines is 2. The Labute approximate surface area is 176 Å². The van der Waals surface area contributed by atoms with Crippen molar-refractivity contribution in [1.29, 1.82) is 0 Å². The molecule has 7 heteroatoms. The fourth-order valence-corrected chi connectivity index (χ4v) is 3.26. The average Bonchev–Trinajstić information content (AvgIpc) is 3.12. The largest absolute Gasteiger partial charge is 0.494 e. The molecule has 0 saturated carbocycles. The molecule has 1 heterocycles. The van der Waals surface area contributed by atoms with E-state index >= 15 is 0 Å². The maximum Gasteiger partial charge on any atom is 0.311 e. The lowest BCUT2D eigenvalue weighted by atomic mass is 10.1. The van der Waals surface area contributed by atoms with Crippen molar-refractivity contribution in [3.63, 3.8) is 0 Å². The first-order valence-electron chi connectivity index (χ1n) is 9.94. The fraction of sp³-hybridized carbons (Fsp3) is 0.348. The predicted octanol–water partition coefficient (Wildman–Crippen LogP) is 3.24. The summed E-state index contributed by atoms with van der Waals surface area (Å²) in [6.07, 6.45) is 0.0757. The zero-order valence-electron chi connectivity index (χ0n) is 17.4. The molecule has 0 bridgehead atoms. The Morgan fingerprint density at radius 3 is 2.50 bits per heavy atom. The van der Waals surface area contributed by atoms with Gasteiger partial charge in [-0.2, -0.15) is 0 Å². The second-order valence-electron chi connectivity index (χ2n) is 7.29. The van der Waals surface area contributed by atoms with Gasteiger partial charge >= 0.3 is 5.97 Å². The summed E-state index contributed by atoms with van der Waals surface area (Å²) >= 11 is 0. The minimum absolute atomic E-state index is 0.0757. The van der Waals surface area contributed by atoms with Crippen molar-refractivity contribution < 1.29 is 23.9 Å². The third kappa shape index (κ3) is 5.17. The van der Waals surface area contributed by atoms with Crippen LogP contribution in [-0.4, -0.2) is 37.5 Å². The topological polar surface area (TPSA) is 84.9 Å². The fourth-order valence-electron chi connectivity index (χ4n) is 3.26. The number of rotatable bonds is 7. The number of esters is 1. The Morgan fingerprint density at radius 1 is 1.10 bits per heavy atom. The van der Waals surface area contributed by atoms with E-state index in [2.05, 4.69) is 5.32 Å². The maximum absolute atomic E-state index is 12.4. The highest BCUT2D eigenvalue weighted by atomic mass is 16.5. The molecular formula is C23H26N2O5. The molecule has 2 amide bonds. The first-order chi connectivity index (χ1) is 14.4. The van der Waals surface area contributed by atoms with Crippen molar-refractivity contribution in [2.75, 3.05) is 30.0 Å². The first-order valence-corrected chi connectivity index (χ1v) is 9.94. The number of hydrogen-bond acceptors (Lipinski definition) is 5. The van der Waals surface area contributed by atoms with E-state index in [0.717, 1.165) is 16.8 Å². The van der Waals surface area contributed by atoms with Gasteiger partial charge in [-0.1, -0.05) is 6.07 Å². The van der Waals surface area contributed by atoms with E-state index in [-0.39, 0.29) is 18.9 Å². The molecule has 2 aromatic rings. The number of hydrogen-bond donors (Lipinski definition) is 1. The number of carbonyl (C=O) groups excluding carboxylic acids is 3. The van der Waals surface area contributed by atoms with Crippen LogP contribution in [0.3, 0.4) is 0 Å². The van der Waals surface area contributed by atoms with Crippen molar-refractivity contribution >= 4 is 29.2 Å². The van der Waals surface area contributed by atoms with Gasteiger partial charge in [0.2, 0.25) is 5.91 Å². The van der Waals surface area contributed by atoms with Crippen LogP contribution in [0.4, 0.5) is 11.4 Å². The predicted molar refractivity (Wildman–Crippen MR) is 114 cm³/mol. The lowest BCUT2D eigenvalue weighted by Gasteiger charge is -2.17. The Kier molecular flexibility index (Phi) is 6.72. The third-order valence-corrected chi connectivity index (χ3v) is 5.06. The van der Waals surface area contributed by atoms with E-state index in [1.54, 1.807) is 29.2 Å². The number of nitrogens with zero attached hydrogens (tertiary/aromatic N) is 1. The number of nitrogens with one attached hydrogen (secondary N) is 1. The van der Waals surface area contributed by atoms with Crippen LogP contribution in [-0.2, 0) is 19.1 Å². The normalized spacial score (nSPS) is 15.8. The summed E-state index contributed by atoms with van der Waals surface area (Å²) in [4.78, 5) is 38.4. The van der Waals surface area contributed by atoms with E-state index in [1.165, 1.54) is 0 Å². The average molecular weight is 410 g/mol. The number of carbonyl (C=O) groups is 3. The molecule has 0 aliphatic carbocycles. The number of aryl methyl sites for hydroxylation is 2. The first kappa shape index (κ1) is 21.4. The van der Waals surface area contributed by atoms with Crippen LogP contribution < -0.4 is 15.0 Å². The van der Waals surface area contributed by atoms with Gasteiger partial charge in [0, 0.05) is 24.3 Å². The van der Waals surface area contributed by atoms with Gasteiger partial charge in [0.05, 0.1) is 12.5 Å². The van der Waals surface area contributed by atoms with Gasteiger partial charge in [0.15, 0.2) is 6.61 Å². The molecule has 1 atom stereocenters. The van der Waals surface area contributed by atoms with E-state index in [9.17, 15) is 14.4 Å². The zero-order valence-corrected chi connectivity index (χ0v) is 17.4. The molecule has 1 fully saturated rings. The van der Waals surface area contributed by atoms with Crippen molar-refractivity contribution in [2.24, 2.45) is 5.92 Å². The molecule has 30 heavy (non-hydrogen) atoms. The molecule has 2 aromatic carbocycles. The van der Waals surface area contributed by atoms with Crippen LogP contribution in [0, 0.1) is 19.8 Å². The molecule has 0 aromatic heterocycles. The van der Waals surface area contributed by atoms with Crippen LogP contribution in [0.15, 0.2) is 42.5 Å². The number of benzene rings is 2. The van der Waals surface area contributed by atoms with E-state index in [0.29, 0.717) is 18.0 Å². The molecule has 0 radical (unpaired) electrons. The summed E-state index contributed by atoms with van der Waals surface area (Å²) < 4.78 is 10.5. The molecule has 0 spiro atoms. The maximum atomic E-state index is 12.4. The zero-order chi connectivity index (χ0) is 21.7. The summed E-state index contributed by atoms with van der Waals surface area (Å²) in [6, 6.07) is 12.7. The van der Waals surface area contributed by atoms with Gasteiger partial charge in [-0.25, -0.2) is 0 Å². The van der Waals surface area contributed by atoms with Crippen LogP contribution in [0.2, 0.25) is 0 Å². The molecule has 1 aliphatic heterocycles. The van der Waals surface area contributed by atoms with Crippen LogP contribution in [0.1, 0.15) is 24.5 Å². The SMILES string of the molecule is CCOc1ccc(NC(=O)COC(=O)[C@H]2CC(=O)N(c3ccc(C)c(C)c3)C2)cc1. The minimum atomic E-state index is -0.586. The highest BCUT2D eigenvalue weighted by Gasteiger charge is 2.36. The smallest absolute Gasteiger partial charge is 0.311 e. The second-order valence-corrected chi connectivity index (χ2v) is 7.29. The Balaban J connectivity index is 1.50. The van der Waals surface area contributed by atoms with Crippen LogP contribution >= 0.6 is 0 Å². The molecule has 3 rings (SSSR count). The van der Waals surface area contributed by atoms with Crippen LogP contribution in [0.25, 0.3) is 0 Å². The lowest BCUT2D eigenvalue weighted by Crippen LogP contribution is -2.28. The van der Waals surface area contributed by atoms with Gasteiger partial charge in [0.25, 0.3) is 5.91 Å². The monoisotopic (exact) mass is 410 g/mol. The van der Waals surface area contributed by atoms with Gasteiger partial charge in [0.1, 0.15) is 5.75 Å². The van der Waals surface area contributed by atoms with Crippen molar-refractivity contribution in [3.05, 3.63) is 53.6 Å². The van der Waals surface area contributed by atoms with Gasteiger partial charge < -0.3 is 19.7 Å². The van der Waals surface area contributed by atoms with E-state index < -0.39 is 24.4 Å². The summed E-state index contributed by atoms with van der Waals surface area (Å²) in [5.74, 6) is -0.989.